The van der Waals surface area contributed by atoms with Crippen molar-refractivity contribution in [1.29, 1.82) is 0 Å². The molecule has 0 aromatic heterocycles. The summed E-state index contributed by atoms with van der Waals surface area (Å²) in [5.74, 6) is 0. The summed E-state index contributed by atoms with van der Waals surface area (Å²) in [5, 5.41) is 12.7. The van der Waals surface area contributed by atoms with Gasteiger partial charge in [-0.15, -0.1) is 0 Å². The molecule has 0 bridgehead atoms. The number of rotatable bonds is 4. The highest BCUT2D eigenvalue weighted by atomic mass is 14.2. The van der Waals surface area contributed by atoms with Crippen LogP contribution in [0.2, 0.25) is 0 Å². The van der Waals surface area contributed by atoms with E-state index < -0.39 is 0 Å². The van der Waals surface area contributed by atoms with Gasteiger partial charge >= 0.3 is 0 Å². The van der Waals surface area contributed by atoms with Crippen molar-refractivity contribution in [3.05, 3.63) is 194 Å². The van der Waals surface area contributed by atoms with Crippen molar-refractivity contribution in [2.75, 3.05) is 0 Å². The van der Waals surface area contributed by atoms with E-state index in [0.29, 0.717) is 0 Å². The molecular weight excluding hydrogens is 601 g/mol. The van der Waals surface area contributed by atoms with Crippen LogP contribution in [0.4, 0.5) is 0 Å². The van der Waals surface area contributed by atoms with Crippen LogP contribution in [-0.2, 0) is 0 Å². The Kier molecular flexibility index (Phi) is 6.60. The van der Waals surface area contributed by atoms with E-state index in [4.69, 9.17) is 0 Å². The Bertz CT molecular complexity index is 2850. The molecule has 50 heavy (non-hydrogen) atoms. The van der Waals surface area contributed by atoms with Crippen LogP contribution < -0.4 is 0 Å². The summed E-state index contributed by atoms with van der Waals surface area (Å²) < 4.78 is 0. The van der Waals surface area contributed by atoms with E-state index in [9.17, 15) is 0 Å². The summed E-state index contributed by atoms with van der Waals surface area (Å²) in [6.07, 6.45) is 0. The number of hydrogen-bond donors (Lipinski definition) is 0. The average Bonchev–Trinajstić information content (AvgIpc) is 3.19. The Morgan fingerprint density at radius 1 is 0.200 bits per heavy atom. The smallest absolute Gasteiger partial charge is 0.00262 e. The minimum atomic E-state index is 1.22. The van der Waals surface area contributed by atoms with E-state index in [2.05, 4.69) is 194 Å². The van der Waals surface area contributed by atoms with E-state index in [-0.39, 0.29) is 0 Å². The lowest BCUT2D eigenvalue weighted by atomic mass is 9.85. The van der Waals surface area contributed by atoms with Gasteiger partial charge in [-0.1, -0.05) is 182 Å². The van der Waals surface area contributed by atoms with Crippen molar-refractivity contribution in [1.82, 2.24) is 0 Å². The van der Waals surface area contributed by atoms with Crippen molar-refractivity contribution < 1.29 is 0 Å². The van der Waals surface area contributed by atoms with Crippen LogP contribution >= 0.6 is 0 Å². The second-order valence-electron chi connectivity index (χ2n) is 13.2. The SMILES string of the molecule is c1ccc2cc(-c3ccc(-c4ccc(-c5c6ccccc6c(-c6ccc7ccccc7c6)c6ccccc56)cc4)c4ccccc34)ccc2c1. The monoisotopic (exact) mass is 632 g/mol. The second-order valence-corrected chi connectivity index (χ2v) is 13.2. The normalized spacial score (nSPS) is 11.6. The van der Waals surface area contributed by atoms with E-state index in [1.54, 1.807) is 0 Å². The molecule has 0 heterocycles. The molecule has 0 aliphatic heterocycles. The molecule has 0 atom stereocenters. The van der Waals surface area contributed by atoms with Crippen LogP contribution in [0.3, 0.4) is 0 Å². The lowest BCUT2D eigenvalue weighted by Gasteiger charge is -2.18. The van der Waals surface area contributed by atoms with Crippen LogP contribution in [0.1, 0.15) is 0 Å². The van der Waals surface area contributed by atoms with Gasteiger partial charge in [0.2, 0.25) is 0 Å². The lowest BCUT2D eigenvalue weighted by molar-refractivity contribution is 1.62. The Balaban J connectivity index is 1.11. The molecule has 232 valence electrons. The highest BCUT2D eigenvalue weighted by Gasteiger charge is 2.17. The molecule has 0 aliphatic carbocycles. The van der Waals surface area contributed by atoms with E-state index in [1.165, 1.54) is 98.4 Å². The van der Waals surface area contributed by atoms with E-state index in [0.717, 1.165) is 0 Å². The number of hydrogen-bond acceptors (Lipinski definition) is 0. The Hall–Kier alpha value is -6.50. The number of benzene rings is 10. The molecule has 10 rings (SSSR count). The number of fused-ring (bicyclic) bond motifs is 5. The molecule has 0 spiro atoms. The van der Waals surface area contributed by atoms with Gasteiger partial charge in [0.05, 0.1) is 0 Å². The third kappa shape index (κ3) is 4.61. The van der Waals surface area contributed by atoms with Gasteiger partial charge in [-0.25, -0.2) is 0 Å². The first-order chi connectivity index (χ1) is 24.8. The molecule has 0 fully saturated rings. The molecule has 0 nitrogen and oxygen atoms in total. The molecule has 0 amide bonds. The summed E-state index contributed by atoms with van der Waals surface area (Å²) >= 11 is 0. The van der Waals surface area contributed by atoms with Crippen LogP contribution in [0.5, 0.6) is 0 Å². The molecule has 10 aromatic rings. The summed E-state index contributed by atoms with van der Waals surface area (Å²) in [5.41, 5.74) is 10.0. The third-order valence-corrected chi connectivity index (χ3v) is 10.4. The zero-order valence-electron chi connectivity index (χ0n) is 27.5. The highest BCUT2D eigenvalue weighted by Crippen LogP contribution is 2.45. The molecule has 0 radical (unpaired) electrons. The predicted octanol–water partition coefficient (Wildman–Crippen LogP) is 14.1. The molecule has 10 aromatic carbocycles. The zero-order chi connectivity index (χ0) is 33.0. The Morgan fingerprint density at radius 3 is 1.06 bits per heavy atom. The van der Waals surface area contributed by atoms with Gasteiger partial charge in [0, 0.05) is 0 Å². The van der Waals surface area contributed by atoms with Gasteiger partial charge in [-0.2, -0.15) is 0 Å². The molecule has 0 heteroatoms. The van der Waals surface area contributed by atoms with Gasteiger partial charge in [-0.3, -0.25) is 0 Å². The fourth-order valence-electron chi connectivity index (χ4n) is 8.07. The average molecular weight is 633 g/mol. The molecule has 0 aliphatic rings. The fraction of sp³-hybridized carbons (Fsp3) is 0. The summed E-state index contributed by atoms with van der Waals surface area (Å²) in [7, 11) is 0. The minimum Gasteiger partial charge on any atom is -0.0616 e. The first kappa shape index (κ1) is 28.5. The maximum absolute atomic E-state index is 2.34. The van der Waals surface area contributed by atoms with Gasteiger partial charge in [0.1, 0.15) is 0 Å². The first-order valence-corrected chi connectivity index (χ1v) is 17.3. The molecule has 0 saturated carbocycles. The molecule has 0 saturated heterocycles. The quantitative estimate of drug-likeness (QED) is 0.169. The summed E-state index contributed by atoms with van der Waals surface area (Å²) in [6.45, 7) is 0. The topological polar surface area (TPSA) is 0 Å². The van der Waals surface area contributed by atoms with Crippen molar-refractivity contribution in [3.63, 3.8) is 0 Å². The van der Waals surface area contributed by atoms with E-state index >= 15 is 0 Å². The second kappa shape index (κ2) is 11.6. The minimum absolute atomic E-state index is 1.22. The van der Waals surface area contributed by atoms with Crippen molar-refractivity contribution in [2.24, 2.45) is 0 Å². The van der Waals surface area contributed by atoms with Gasteiger partial charge in [0.15, 0.2) is 0 Å². The Labute approximate surface area is 291 Å². The van der Waals surface area contributed by atoms with Gasteiger partial charge in [-0.05, 0) is 111 Å². The van der Waals surface area contributed by atoms with Crippen molar-refractivity contribution in [3.8, 4) is 44.5 Å². The molecule has 0 unspecified atom stereocenters. The third-order valence-electron chi connectivity index (χ3n) is 10.4. The van der Waals surface area contributed by atoms with Crippen LogP contribution in [-0.4, -0.2) is 0 Å². The van der Waals surface area contributed by atoms with Crippen LogP contribution in [0.25, 0.3) is 98.4 Å². The Morgan fingerprint density at radius 2 is 0.540 bits per heavy atom. The highest BCUT2D eigenvalue weighted by molar-refractivity contribution is 6.21. The van der Waals surface area contributed by atoms with Gasteiger partial charge in [0.25, 0.3) is 0 Å². The van der Waals surface area contributed by atoms with Crippen molar-refractivity contribution >= 4 is 53.9 Å². The van der Waals surface area contributed by atoms with E-state index in [1.807, 2.05) is 0 Å². The maximum Gasteiger partial charge on any atom is -0.00262 e. The lowest BCUT2D eigenvalue weighted by Crippen LogP contribution is -1.91. The maximum atomic E-state index is 2.34. The molecule has 0 N–H and O–H groups in total. The van der Waals surface area contributed by atoms with Crippen LogP contribution in [0, 0.1) is 0 Å². The predicted molar refractivity (Wildman–Crippen MR) is 216 cm³/mol. The summed E-state index contributed by atoms with van der Waals surface area (Å²) in [6, 6.07) is 71.3. The first-order valence-electron chi connectivity index (χ1n) is 17.3. The molecular formula is C50H32. The fourth-order valence-corrected chi connectivity index (χ4v) is 8.07. The summed E-state index contributed by atoms with van der Waals surface area (Å²) in [4.78, 5) is 0. The van der Waals surface area contributed by atoms with Gasteiger partial charge < -0.3 is 0 Å². The van der Waals surface area contributed by atoms with Crippen molar-refractivity contribution in [2.45, 2.75) is 0 Å². The largest absolute Gasteiger partial charge is 0.0616 e. The van der Waals surface area contributed by atoms with Crippen LogP contribution in [0.15, 0.2) is 194 Å². The standard InChI is InChI=1S/C50H32/c1-3-13-37-31-39(27-21-33(37)11-1)42-30-29-41(43-15-5-6-16-44(42)43)35-23-25-36(26-24-35)49-45-17-7-9-19-47(45)50(48-20-10-8-18-46(48)49)40-28-22-34-12-2-4-14-38(34)32-40/h1-32H. The zero-order valence-corrected chi connectivity index (χ0v) is 27.5.